The summed E-state index contributed by atoms with van der Waals surface area (Å²) in [5.74, 6) is -3.24. The summed E-state index contributed by atoms with van der Waals surface area (Å²) in [6, 6.07) is 9.11. The lowest BCUT2D eigenvalue weighted by atomic mass is 9.86. The Morgan fingerprint density at radius 1 is 1.04 bits per heavy atom. The van der Waals surface area contributed by atoms with Crippen LogP contribution in [0.15, 0.2) is 42.5 Å². The van der Waals surface area contributed by atoms with E-state index in [2.05, 4.69) is 26.1 Å². The fourth-order valence-electron chi connectivity index (χ4n) is 2.53. The molecule has 0 aliphatic heterocycles. The highest BCUT2D eigenvalue weighted by Crippen LogP contribution is 2.22. The maximum atomic E-state index is 13.3. The minimum absolute atomic E-state index is 0.00269. The SMILES string of the molecule is CC(C)(C)c1ccc(C[C@H](NC(=O)c2cc(F)cc(F)c2)C(N)=O)cc1. The third kappa shape index (κ3) is 5.12. The van der Waals surface area contributed by atoms with Gasteiger partial charge in [0.25, 0.3) is 5.91 Å². The molecular formula is C20H22F2N2O2. The van der Waals surface area contributed by atoms with Crippen LogP contribution < -0.4 is 11.1 Å². The fraction of sp³-hybridized carbons (Fsp3) is 0.300. The van der Waals surface area contributed by atoms with Crippen molar-refractivity contribution in [2.45, 2.75) is 38.6 Å². The number of amides is 2. The van der Waals surface area contributed by atoms with E-state index in [1.54, 1.807) is 0 Å². The standard InChI is InChI=1S/C20H22F2N2O2/c1-20(2,3)14-6-4-12(5-7-14)8-17(18(23)25)24-19(26)13-9-15(21)11-16(22)10-13/h4-7,9-11,17H,8H2,1-3H3,(H2,23,25)(H,24,26)/t17-/m0/s1. The zero-order valence-corrected chi connectivity index (χ0v) is 15.0. The average molecular weight is 360 g/mol. The molecule has 0 radical (unpaired) electrons. The number of benzene rings is 2. The Labute approximate surface area is 151 Å². The Balaban J connectivity index is 2.14. The maximum Gasteiger partial charge on any atom is 0.252 e. The van der Waals surface area contributed by atoms with E-state index in [4.69, 9.17) is 5.73 Å². The molecule has 0 aliphatic rings. The monoisotopic (exact) mass is 360 g/mol. The van der Waals surface area contributed by atoms with E-state index in [9.17, 15) is 18.4 Å². The number of carbonyl (C=O) groups excluding carboxylic acids is 2. The summed E-state index contributed by atoms with van der Waals surface area (Å²) in [7, 11) is 0. The first-order valence-corrected chi connectivity index (χ1v) is 8.22. The van der Waals surface area contributed by atoms with Crippen LogP contribution in [-0.2, 0) is 16.6 Å². The average Bonchev–Trinajstić information content (AvgIpc) is 2.52. The quantitative estimate of drug-likeness (QED) is 0.860. The van der Waals surface area contributed by atoms with Crippen LogP contribution in [0.2, 0.25) is 0 Å². The predicted molar refractivity (Wildman–Crippen MR) is 95.7 cm³/mol. The Kier molecular flexibility index (Phi) is 5.75. The molecule has 0 heterocycles. The second-order valence-electron chi connectivity index (χ2n) is 7.24. The topological polar surface area (TPSA) is 72.2 Å². The molecule has 0 aromatic heterocycles. The van der Waals surface area contributed by atoms with E-state index >= 15 is 0 Å². The van der Waals surface area contributed by atoms with Crippen molar-refractivity contribution in [3.63, 3.8) is 0 Å². The molecule has 0 saturated heterocycles. The number of hydrogen-bond acceptors (Lipinski definition) is 2. The molecule has 0 bridgehead atoms. The highest BCUT2D eigenvalue weighted by molar-refractivity contribution is 5.97. The molecule has 2 amide bonds. The van der Waals surface area contributed by atoms with E-state index < -0.39 is 29.5 Å². The Hall–Kier alpha value is -2.76. The summed E-state index contributed by atoms with van der Waals surface area (Å²) in [5.41, 5.74) is 7.10. The first-order valence-electron chi connectivity index (χ1n) is 8.22. The van der Waals surface area contributed by atoms with Crippen LogP contribution in [0.3, 0.4) is 0 Å². The highest BCUT2D eigenvalue weighted by Gasteiger charge is 2.21. The number of primary amides is 1. The van der Waals surface area contributed by atoms with Crippen molar-refractivity contribution >= 4 is 11.8 Å². The molecule has 0 unspecified atom stereocenters. The molecule has 6 heteroatoms. The second-order valence-corrected chi connectivity index (χ2v) is 7.24. The van der Waals surface area contributed by atoms with Gasteiger partial charge in [-0.05, 0) is 28.7 Å². The molecule has 0 fully saturated rings. The third-order valence-corrected chi connectivity index (χ3v) is 4.03. The fourth-order valence-corrected chi connectivity index (χ4v) is 2.53. The smallest absolute Gasteiger partial charge is 0.252 e. The summed E-state index contributed by atoms with van der Waals surface area (Å²) < 4.78 is 26.5. The Morgan fingerprint density at radius 2 is 1.58 bits per heavy atom. The number of halogens is 2. The lowest BCUT2D eigenvalue weighted by Crippen LogP contribution is -2.45. The van der Waals surface area contributed by atoms with E-state index in [0.29, 0.717) is 6.07 Å². The van der Waals surface area contributed by atoms with Gasteiger partial charge in [0.05, 0.1) is 0 Å². The largest absolute Gasteiger partial charge is 0.368 e. The van der Waals surface area contributed by atoms with Gasteiger partial charge in [-0.25, -0.2) is 8.78 Å². The minimum Gasteiger partial charge on any atom is -0.368 e. The third-order valence-electron chi connectivity index (χ3n) is 4.03. The van der Waals surface area contributed by atoms with Crippen molar-refractivity contribution in [3.8, 4) is 0 Å². The first-order chi connectivity index (χ1) is 12.1. The number of rotatable bonds is 5. The highest BCUT2D eigenvalue weighted by atomic mass is 19.1. The summed E-state index contributed by atoms with van der Waals surface area (Å²) >= 11 is 0. The van der Waals surface area contributed by atoms with Gasteiger partial charge >= 0.3 is 0 Å². The molecule has 2 rings (SSSR count). The molecule has 26 heavy (non-hydrogen) atoms. The van der Waals surface area contributed by atoms with Crippen molar-refractivity contribution in [3.05, 3.63) is 70.8 Å². The van der Waals surface area contributed by atoms with Crippen LogP contribution in [0.1, 0.15) is 42.3 Å². The first kappa shape index (κ1) is 19.6. The van der Waals surface area contributed by atoms with Crippen LogP contribution in [0.4, 0.5) is 8.78 Å². The molecule has 0 spiro atoms. The van der Waals surface area contributed by atoms with Gasteiger partial charge in [0.15, 0.2) is 0 Å². The van der Waals surface area contributed by atoms with Gasteiger partial charge in [0.1, 0.15) is 17.7 Å². The van der Waals surface area contributed by atoms with Crippen molar-refractivity contribution < 1.29 is 18.4 Å². The molecule has 0 aliphatic carbocycles. The summed E-state index contributed by atoms with van der Waals surface area (Å²) in [4.78, 5) is 23.9. The molecular weight excluding hydrogens is 338 g/mol. The van der Waals surface area contributed by atoms with Gasteiger partial charge in [0, 0.05) is 18.1 Å². The van der Waals surface area contributed by atoms with Gasteiger partial charge in [-0.2, -0.15) is 0 Å². The summed E-state index contributed by atoms with van der Waals surface area (Å²) in [5, 5.41) is 2.43. The van der Waals surface area contributed by atoms with E-state index in [0.717, 1.165) is 23.3 Å². The molecule has 3 N–H and O–H groups in total. The van der Waals surface area contributed by atoms with E-state index in [1.807, 2.05) is 24.3 Å². The maximum absolute atomic E-state index is 13.3. The molecule has 138 valence electrons. The zero-order valence-electron chi connectivity index (χ0n) is 15.0. The predicted octanol–water partition coefficient (Wildman–Crippen LogP) is 3.09. The van der Waals surface area contributed by atoms with Crippen LogP contribution in [-0.4, -0.2) is 17.9 Å². The van der Waals surface area contributed by atoms with Crippen molar-refractivity contribution in [1.29, 1.82) is 0 Å². The van der Waals surface area contributed by atoms with Crippen LogP contribution in [0, 0.1) is 11.6 Å². The lowest BCUT2D eigenvalue weighted by Gasteiger charge is -2.20. The van der Waals surface area contributed by atoms with Crippen molar-refractivity contribution in [1.82, 2.24) is 5.32 Å². The molecule has 2 aromatic carbocycles. The van der Waals surface area contributed by atoms with Gasteiger partial charge in [-0.3, -0.25) is 9.59 Å². The number of carbonyl (C=O) groups is 2. The van der Waals surface area contributed by atoms with E-state index in [1.165, 1.54) is 0 Å². The van der Waals surface area contributed by atoms with Crippen molar-refractivity contribution in [2.75, 3.05) is 0 Å². The molecule has 0 saturated carbocycles. The van der Waals surface area contributed by atoms with Crippen LogP contribution in [0.5, 0.6) is 0 Å². The second kappa shape index (κ2) is 7.64. The Bertz CT molecular complexity index is 791. The van der Waals surface area contributed by atoms with E-state index in [-0.39, 0.29) is 17.4 Å². The minimum atomic E-state index is -0.991. The number of nitrogens with one attached hydrogen (secondary N) is 1. The molecule has 1 atom stereocenters. The lowest BCUT2D eigenvalue weighted by molar-refractivity contribution is -0.119. The normalized spacial score (nSPS) is 12.5. The van der Waals surface area contributed by atoms with Gasteiger partial charge in [0.2, 0.25) is 5.91 Å². The van der Waals surface area contributed by atoms with Gasteiger partial charge < -0.3 is 11.1 Å². The van der Waals surface area contributed by atoms with Crippen LogP contribution >= 0.6 is 0 Å². The number of hydrogen-bond donors (Lipinski definition) is 2. The Morgan fingerprint density at radius 3 is 2.04 bits per heavy atom. The summed E-state index contributed by atoms with van der Waals surface area (Å²) in [6.45, 7) is 6.27. The molecule has 4 nitrogen and oxygen atoms in total. The van der Waals surface area contributed by atoms with Crippen molar-refractivity contribution in [2.24, 2.45) is 5.73 Å². The van der Waals surface area contributed by atoms with Crippen LogP contribution in [0.25, 0.3) is 0 Å². The zero-order chi connectivity index (χ0) is 19.5. The summed E-state index contributed by atoms with van der Waals surface area (Å²) in [6.07, 6.45) is 0.184. The van der Waals surface area contributed by atoms with Gasteiger partial charge in [-0.1, -0.05) is 45.0 Å². The van der Waals surface area contributed by atoms with Gasteiger partial charge in [-0.15, -0.1) is 0 Å². The molecule has 2 aromatic rings. The number of nitrogens with two attached hydrogens (primary N) is 1.